The number of carboxylic acids is 1. The van der Waals surface area contributed by atoms with Gasteiger partial charge < -0.3 is 20.6 Å². The fourth-order valence-electron chi connectivity index (χ4n) is 1.75. The summed E-state index contributed by atoms with van der Waals surface area (Å²) in [6.45, 7) is 0. The highest BCUT2D eigenvalue weighted by atomic mass is 16.4. The van der Waals surface area contributed by atoms with E-state index in [0.717, 1.165) is 6.07 Å². The summed E-state index contributed by atoms with van der Waals surface area (Å²) < 4.78 is 0. The topological polar surface area (TPSA) is 107 Å². The third-order valence-corrected chi connectivity index (χ3v) is 2.81. The predicted octanol–water partition coefficient (Wildman–Crippen LogP) is 2.45. The Hall–Kier alpha value is -3.28. The van der Waals surface area contributed by atoms with E-state index in [2.05, 4.69) is 5.32 Å². The highest BCUT2D eigenvalue weighted by Gasteiger charge is 2.12. The minimum atomic E-state index is -1.26. The van der Waals surface area contributed by atoms with Gasteiger partial charge in [0.25, 0.3) is 0 Å². The Morgan fingerprint density at radius 2 is 1.59 bits per heavy atom. The van der Waals surface area contributed by atoms with Crippen molar-refractivity contribution >= 4 is 23.6 Å². The van der Waals surface area contributed by atoms with Crippen LogP contribution in [0.3, 0.4) is 0 Å². The third-order valence-electron chi connectivity index (χ3n) is 2.81. The van der Waals surface area contributed by atoms with Crippen molar-refractivity contribution in [3.8, 4) is 11.5 Å². The van der Waals surface area contributed by atoms with E-state index in [1.54, 1.807) is 12.1 Å². The molecule has 2 rings (SSSR count). The largest absolute Gasteiger partial charge is 0.508 e. The number of aromatic carboxylic acids is 1. The summed E-state index contributed by atoms with van der Waals surface area (Å²) in [5, 5.41) is 29.9. The van der Waals surface area contributed by atoms with E-state index in [0.29, 0.717) is 5.56 Å². The standard InChI is InChI=1S/C16H13NO5/c18-11-4-1-10(2-5-11)3-8-15(20)17-14-7-6-12(19)9-13(14)16(21)22/h1-9,18-19H,(H,17,20)(H,21,22). The molecule has 1 amide bonds. The second-order valence-electron chi connectivity index (χ2n) is 4.45. The van der Waals surface area contributed by atoms with Gasteiger partial charge in [-0.3, -0.25) is 4.79 Å². The molecule has 2 aromatic carbocycles. The number of anilines is 1. The number of carbonyl (C=O) groups excluding carboxylic acids is 1. The first-order valence-electron chi connectivity index (χ1n) is 6.30. The number of phenolic OH excluding ortho intramolecular Hbond substituents is 2. The lowest BCUT2D eigenvalue weighted by Crippen LogP contribution is -2.11. The molecule has 0 saturated carbocycles. The van der Waals surface area contributed by atoms with E-state index in [9.17, 15) is 14.7 Å². The van der Waals surface area contributed by atoms with Gasteiger partial charge in [0.05, 0.1) is 11.3 Å². The van der Waals surface area contributed by atoms with Crippen molar-refractivity contribution in [2.75, 3.05) is 5.32 Å². The van der Waals surface area contributed by atoms with Crippen molar-refractivity contribution in [2.45, 2.75) is 0 Å². The van der Waals surface area contributed by atoms with Crippen LogP contribution in [-0.2, 0) is 4.79 Å². The molecular weight excluding hydrogens is 286 g/mol. The monoisotopic (exact) mass is 299 g/mol. The van der Waals surface area contributed by atoms with E-state index >= 15 is 0 Å². The molecule has 22 heavy (non-hydrogen) atoms. The van der Waals surface area contributed by atoms with Crippen LogP contribution in [0.5, 0.6) is 11.5 Å². The molecule has 0 radical (unpaired) electrons. The molecular formula is C16H13NO5. The van der Waals surface area contributed by atoms with E-state index in [1.165, 1.54) is 36.4 Å². The van der Waals surface area contributed by atoms with E-state index in [4.69, 9.17) is 10.2 Å². The lowest BCUT2D eigenvalue weighted by atomic mass is 10.1. The molecule has 0 aliphatic rings. The van der Waals surface area contributed by atoms with Crippen molar-refractivity contribution in [1.82, 2.24) is 0 Å². The molecule has 0 aromatic heterocycles. The van der Waals surface area contributed by atoms with Crippen LogP contribution in [0.15, 0.2) is 48.5 Å². The van der Waals surface area contributed by atoms with Crippen LogP contribution >= 0.6 is 0 Å². The number of phenols is 2. The quantitative estimate of drug-likeness (QED) is 0.512. The van der Waals surface area contributed by atoms with Gasteiger partial charge in [-0.2, -0.15) is 0 Å². The Labute approximate surface area is 126 Å². The summed E-state index contributed by atoms with van der Waals surface area (Å²) in [7, 11) is 0. The SMILES string of the molecule is O=C(C=Cc1ccc(O)cc1)Nc1ccc(O)cc1C(=O)O. The van der Waals surface area contributed by atoms with Crippen LogP contribution in [0, 0.1) is 0 Å². The van der Waals surface area contributed by atoms with Crippen LogP contribution in [-0.4, -0.2) is 27.2 Å². The fourth-order valence-corrected chi connectivity index (χ4v) is 1.75. The maximum absolute atomic E-state index is 11.8. The predicted molar refractivity (Wildman–Crippen MR) is 80.8 cm³/mol. The Morgan fingerprint density at radius 3 is 2.23 bits per heavy atom. The number of aromatic hydroxyl groups is 2. The molecule has 0 unspecified atom stereocenters. The summed E-state index contributed by atoms with van der Waals surface area (Å²) in [5.74, 6) is -1.85. The van der Waals surface area contributed by atoms with E-state index in [1.807, 2.05) is 0 Å². The van der Waals surface area contributed by atoms with Gasteiger partial charge in [-0.1, -0.05) is 12.1 Å². The number of nitrogens with one attached hydrogen (secondary N) is 1. The molecule has 0 aliphatic carbocycles. The van der Waals surface area contributed by atoms with Gasteiger partial charge in [0.2, 0.25) is 5.91 Å². The average Bonchev–Trinajstić information content (AvgIpc) is 2.48. The Balaban J connectivity index is 2.12. The maximum Gasteiger partial charge on any atom is 0.337 e. The van der Waals surface area contributed by atoms with Crippen LogP contribution in [0.4, 0.5) is 5.69 Å². The van der Waals surface area contributed by atoms with Crippen molar-refractivity contribution < 1.29 is 24.9 Å². The average molecular weight is 299 g/mol. The Morgan fingerprint density at radius 1 is 0.955 bits per heavy atom. The van der Waals surface area contributed by atoms with Crippen molar-refractivity contribution in [3.05, 3.63) is 59.7 Å². The van der Waals surface area contributed by atoms with Crippen molar-refractivity contribution in [2.24, 2.45) is 0 Å². The zero-order valence-electron chi connectivity index (χ0n) is 11.4. The first-order valence-corrected chi connectivity index (χ1v) is 6.30. The Kier molecular flexibility index (Phi) is 4.43. The molecule has 0 heterocycles. The van der Waals surface area contributed by atoms with Crippen LogP contribution < -0.4 is 5.32 Å². The summed E-state index contributed by atoms with van der Waals surface area (Å²) >= 11 is 0. The van der Waals surface area contributed by atoms with Crippen LogP contribution in [0.2, 0.25) is 0 Å². The van der Waals surface area contributed by atoms with Gasteiger partial charge in [0.1, 0.15) is 11.5 Å². The summed E-state index contributed by atoms with van der Waals surface area (Å²) in [4.78, 5) is 22.9. The van der Waals surface area contributed by atoms with Crippen LogP contribution in [0.1, 0.15) is 15.9 Å². The van der Waals surface area contributed by atoms with Gasteiger partial charge in [0, 0.05) is 6.08 Å². The molecule has 0 fully saturated rings. The normalized spacial score (nSPS) is 10.5. The molecule has 0 atom stereocenters. The van der Waals surface area contributed by atoms with E-state index < -0.39 is 11.9 Å². The van der Waals surface area contributed by atoms with Gasteiger partial charge in [-0.05, 0) is 42.0 Å². The number of amides is 1. The van der Waals surface area contributed by atoms with Gasteiger partial charge in [0.15, 0.2) is 0 Å². The van der Waals surface area contributed by atoms with E-state index in [-0.39, 0.29) is 22.7 Å². The zero-order chi connectivity index (χ0) is 16.1. The number of carbonyl (C=O) groups is 2. The molecule has 0 aliphatic heterocycles. The molecule has 0 spiro atoms. The van der Waals surface area contributed by atoms with Crippen molar-refractivity contribution in [1.29, 1.82) is 0 Å². The maximum atomic E-state index is 11.8. The molecule has 6 heteroatoms. The summed E-state index contributed by atoms with van der Waals surface area (Å²) in [5.41, 5.74) is 0.592. The second-order valence-corrected chi connectivity index (χ2v) is 4.45. The smallest absolute Gasteiger partial charge is 0.337 e. The first-order chi connectivity index (χ1) is 10.5. The van der Waals surface area contributed by atoms with Gasteiger partial charge in [-0.15, -0.1) is 0 Å². The number of carboxylic acid groups (broad SMARTS) is 1. The molecule has 4 N–H and O–H groups in total. The highest BCUT2D eigenvalue weighted by Crippen LogP contribution is 2.21. The molecule has 2 aromatic rings. The minimum Gasteiger partial charge on any atom is -0.508 e. The second kappa shape index (κ2) is 6.45. The van der Waals surface area contributed by atoms with Crippen LogP contribution in [0.25, 0.3) is 6.08 Å². The minimum absolute atomic E-state index is 0.0886. The lowest BCUT2D eigenvalue weighted by molar-refractivity contribution is -0.111. The van der Waals surface area contributed by atoms with Gasteiger partial charge >= 0.3 is 5.97 Å². The molecule has 112 valence electrons. The van der Waals surface area contributed by atoms with Crippen molar-refractivity contribution in [3.63, 3.8) is 0 Å². The van der Waals surface area contributed by atoms with Gasteiger partial charge in [-0.25, -0.2) is 4.79 Å². The third kappa shape index (κ3) is 3.86. The number of hydrogen-bond donors (Lipinski definition) is 4. The first kappa shape index (κ1) is 15.1. The highest BCUT2D eigenvalue weighted by molar-refractivity contribution is 6.06. The molecule has 0 bridgehead atoms. The summed E-state index contributed by atoms with van der Waals surface area (Å²) in [6.07, 6.45) is 2.76. The molecule has 6 nitrogen and oxygen atoms in total. The number of hydrogen-bond acceptors (Lipinski definition) is 4. The zero-order valence-corrected chi connectivity index (χ0v) is 11.4. The fraction of sp³-hybridized carbons (Fsp3) is 0. The lowest BCUT2D eigenvalue weighted by Gasteiger charge is -2.07. The number of benzene rings is 2. The molecule has 0 saturated heterocycles. The summed E-state index contributed by atoms with van der Waals surface area (Å²) in [6, 6.07) is 9.88. The Bertz CT molecular complexity index is 735. The number of rotatable bonds is 4.